The molecule has 0 spiro atoms. The van der Waals surface area contributed by atoms with Crippen molar-refractivity contribution in [3.63, 3.8) is 0 Å². The Morgan fingerprint density at radius 3 is 2.43 bits per heavy atom. The topological polar surface area (TPSA) is 46.5 Å². The van der Waals surface area contributed by atoms with E-state index in [0.29, 0.717) is 11.3 Å². The van der Waals surface area contributed by atoms with Gasteiger partial charge in [-0.2, -0.15) is 0 Å². The number of hydrogen-bond acceptors (Lipinski definition) is 2. The number of rotatable bonds is 5. The van der Waals surface area contributed by atoms with Crippen LogP contribution in [0.15, 0.2) is 48.5 Å². The fourth-order valence-corrected chi connectivity index (χ4v) is 1.73. The number of hydrogen-bond donors (Lipinski definition) is 1. The molecule has 0 atom stereocenters. The van der Waals surface area contributed by atoms with E-state index >= 15 is 0 Å². The molecule has 0 fully saturated rings. The molecule has 0 aliphatic rings. The van der Waals surface area contributed by atoms with Crippen LogP contribution in [0.25, 0.3) is 6.08 Å². The number of carbonyl (C=O) groups is 1. The third-order valence-electron chi connectivity index (χ3n) is 2.76. The summed E-state index contributed by atoms with van der Waals surface area (Å²) in [6, 6.07) is 10.2. The summed E-state index contributed by atoms with van der Waals surface area (Å²) in [5.41, 5.74) is 0.339. The highest BCUT2D eigenvalue weighted by Crippen LogP contribution is 2.22. The van der Waals surface area contributed by atoms with Gasteiger partial charge in [-0.15, -0.1) is 0 Å². The molecule has 0 aliphatic carbocycles. The average molecular weight is 290 g/mol. The lowest BCUT2D eigenvalue weighted by molar-refractivity contribution is -0.131. The number of benzene rings is 2. The van der Waals surface area contributed by atoms with Crippen molar-refractivity contribution in [2.24, 2.45) is 0 Å². The van der Waals surface area contributed by atoms with E-state index in [2.05, 4.69) is 0 Å². The van der Waals surface area contributed by atoms with E-state index in [4.69, 9.17) is 9.84 Å². The van der Waals surface area contributed by atoms with E-state index in [-0.39, 0.29) is 12.2 Å². The molecule has 1 N–H and O–H groups in total. The molecule has 0 bridgehead atoms. The highest BCUT2D eigenvalue weighted by molar-refractivity contribution is 5.85. The molecule has 2 aromatic carbocycles. The van der Waals surface area contributed by atoms with Gasteiger partial charge in [0.2, 0.25) is 0 Å². The molecule has 0 saturated carbocycles. The normalized spacial score (nSPS) is 10.8. The van der Waals surface area contributed by atoms with Crippen LogP contribution in [0.3, 0.4) is 0 Å². The zero-order valence-electron chi connectivity index (χ0n) is 10.9. The van der Waals surface area contributed by atoms with Gasteiger partial charge in [0, 0.05) is 11.6 Å². The van der Waals surface area contributed by atoms with Crippen molar-refractivity contribution in [2.45, 2.75) is 6.61 Å². The minimum absolute atomic E-state index is 0.172. The highest BCUT2D eigenvalue weighted by atomic mass is 19.1. The Kier molecular flexibility index (Phi) is 4.66. The summed E-state index contributed by atoms with van der Waals surface area (Å²) in [5, 5.41) is 8.62. The van der Waals surface area contributed by atoms with Gasteiger partial charge in [0.15, 0.2) is 0 Å². The van der Waals surface area contributed by atoms with Gasteiger partial charge in [0.1, 0.15) is 24.0 Å². The van der Waals surface area contributed by atoms with Crippen LogP contribution in [0.4, 0.5) is 8.78 Å². The summed E-state index contributed by atoms with van der Waals surface area (Å²) in [4.78, 5) is 10.5. The van der Waals surface area contributed by atoms with Crippen LogP contribution < -0.4 is 4.74 Å². The summed E-state index contributed by atoms with van der Waals surface area (Å²) in [7, 11) is 0. The predicted molar refractivity (Wildman–Crippen MR) is 73.8 cm³/mol. The van der Waals surface area contributed by atoms with Crippen LogP contribution in [0.1, 0.15) is 11.1 Å². The van der Waals surface area contributed by atoms with E-state index in [1.807, 2.05) is 0 Å². The van der Waals surface area contributed by atoms with Crippen molar-refractivity contribution in [3.05, 3.63) is 71.3 Å². The third kappa shape index (κ3) is 3.89. The molecule has 0 aromatic heterocycles. The van der Waals surface area contributed by atoms with Crippen LogP contribution in [0, 0.1) is 11.6 Å². The Bertz CT molecular complexity index is 661. The van der Waals surface area contributed by atoms with Crippen molar-refractivity contribution in [3.8, 4) is 5.75 Å². The zero-order chi connectivity index (χ0) is 15.2. The van der Waals surface area contributed by atoms with E-state index < -0.39 is 17.6 Å². The maximum absolute atomic E-state index is 13.5. The SMILES string of the molecule is O=C(O)/C=C/c1ccccc1OCc1c(F)cccc1F. The molecule has 2 aromatic rings. The lowest BCUT2D eigenvalue weighted by Gasteiger charge is -2.10. The lowest BCUT2D eigenvalue weighted by atomic mass is 10.2. The zero-order valence-corrected chi connectivity index (χ0v) is 10.9. The van der Waals surface area contributed by atoms with Gasteiger partial charge in [-0.3, -0.25) is 0 Å². The number of halogens is 2. The Morgan fingerprint density at radius 2 is 1.76 bits per heavy atom. The van der Waals surface area contributed by atoms with Crippen molar-refractivity contribution >= 4 is 12.0 Å². The minimum Gasteiger partial charge on any atom is -0.488 e. The van der Waals surface area contributed by atoms with Gasteiger partial charge in [-0.1, -0.05) is 24.3 Å². The minimum atomic E-state index is -1.09. The predicted octanol–water partition coefficient (Wildman–Crippen LogP) is 3.64. The molecule has 0 amide bonds. The van der Waals surface area contributed by atoms with Crippen LogP contribution in [-0.4, -0.2) is 11.1 Å². The molecule has 2 rings (SSSR count). The monoisotopic (exact) mass is 290 g/mol. The Balaban J connectivity index is 2.19. The van der Waals surface area contributed by atoms with Crippen molar-refractivity contribution in [1.82, 2.24) is 0 Å². The second-order valence-corrected chi connectivity index (χ2v) is 4.20. The molecule has 0 saturated heterocycles. The number of aliphatic carboxylic acids is 1. The summed E-state index contributed by atoms with van der Waals surface area (Å²) in [6.45, 7) is -0.281. The Morgan fingerprint density at radius 1 is 1.10 bits per heavy atom. The molecule has 0 radical (unpaired) electrons. The molecule has 5 heteroatoms. The standard InChI is InChI=1S/C16H12F2O3/c17-13-5-3-6-14(18)12(13)10-21-15-7-2-1-4-11(15)8-9-16(19)20/h1-9H,10H2,(H,19,20)/b9-8+. The van der Waals surface area contributed by atoms with Crippen LogP contribution in [0.2, 0.25) is 0 Å². The first-order valence-corrected chi connectivity index (χ1v) is 6.13. The Hall–Kier alpha value is -2.69. The fraction of sp³-hybridized carbons (Fsp3) is 0.0625. The smallest absolute Gasteiger partial charge is 0.328 e. The second-order valence-electron chi connectivity index (χ2n) is 4.20. The van der Waals surface area contributed by atoms with Gasteiger partial charge >= 0.3 is 5.97 Å². The summed E-state index contributed by atoms with van der Waals surface area (Å²) in [6.07, 6.45) is 2.32. The quantitative estimate of drug-likeness (QED) is 0.855. The maximum atomic E-state index is 13.5. The number of carboxylic acids is 1. The van der Waals surface area contributed by atoms with Gasteiger partial charge in [-0.05, 0) is 24.3 Å². The van der Waals surface area contributed by atoms with E-state index in [1.54, 1.807) is 24.3 Å². The molecule has 0 heterocycles. The largest absolute Gasteiger partial charge is 0.488 e. The average Bonchev–Trinajstić information content (AvgIpc) is 2.45. The van der Waals surface area contributed by atoms with Crippen molar-refractivity contribution in [2.75, 3.05) is 0 Å². The molecule has 0 aliphatic heterocycles. The second kappa shape index (κ2) is 6.65. The first-order valence-electron chi connectivity index (χ1n) is 6.13. The number of para-hydroxylation sites is 1. The molecule has 21 heavy (non-hydrogen) atoms. The molecule has 0 unspecified atom stereocenters. The van der Waals surface area contributed by atoms with Crippen LogP contribution in [-0.2, 0) is 11.4 Å². The van der Waals surface area contributed by atoms with Crippen molar-refractivity contribution < 1.29 is 23.4 Å². The first kappa shape index (κ1) is 14.7. The summed E-state index contributed by atoms with van der Waals surface area (Å²) >= 11 is 0. The molecular weight excluding hydrogens is 278 g/mol. The van der Waals surface area contributed by atoms with Crippen LogP contribution in [0.5, 0.6) is 5.75 Å². The van der Waals surface area contributed by atoms with Gasteiger partial charge in [-0.25, -0.2) is 13.6 Å². The molecule has 3 nitrogen and oxygen atoms in total. The Labute approximate surface area is 120 Å². The lowest BCUT2D eigenvalue weighted by Crippen LogP contribution is -2.02. The summed E-state index contributed by atoms with van der Waals surface area (Å²) < 4.78 is 32.4. The molecular formula is C16H12F2O3. The maximum Gasteiger partial charge on any atom is 0.328 e. The van der Waals surface area contributed by atoms with E-state index in [0.717, 1.165) is 18.2 Å². The highest BCUT2D eigenvalue weighted by Gasteiger charge is 2.10. The fourth-order valence-electron chi connectivity index (χ4n) is 1.73. The van der Waals surface area contributed by atoms with E-state index in [9.17, 15) is 13.6 Å². The van der Waals surface area contributed by atoms with Gasteiger partial charge in [0.05, 0.1) is 5.56 Å². The van der Waals surface area contributed by atoms with Gasteiger partial charge < -0.3 is 9.84 Å². The third-order valence-corrected chi connectivity index (χ3v) is 2.76. The van der Waals surface area contributed by atoms with Crippen LogP contribution >= 0.6 is 0 Å². The first-order chi connectivity index (χ1) is 10.1. The van der Waals surface area contributed by atoms with Crippen molar-refractivity contribution in [1.29, 1.82) is 0 Å². The number of carboxylic acid groups (broad SMARTS) is 1. The van der Waals surface area contributed by atoms with Gasteiger partial charge in [0.25, 0.3) is 0 Å². The summed E-state index contributed by atoms with van der Waals surface area (Å²) in [5.74, 6) is -2.12. The number of ether oxygens (including phenoxy) is 1. The molecule has 108 valence electrons. The van der Waals surface area contributed by atoms with E-state index in [1.165, 1.54) is 12.1 Å².